The highest BCUT2D eigenvalue weighted by Crippen LogP contribution is 2.20. The van der Waals surface area contributed by atoms with Crippen LogP contribution in [0.2, 0.25) is 0 Å². The molecule has 0 spiro atoms. The lowest BCUT2D eigenvalue weighted by atomic mass is 10.0. The summed E-state index contributed by atoms with van der Waals surface area (Å²) in [6.45, 7) is 11.4. The molecule has 0 aliphatic rings. The summed E-state index contributed by atoms with van der Waals surface area (Å²) in [6, 6.07) is 9.23. The fraction of sp³-hybridized carbons (Fsp3) is 0.667. The van der Waals surface area contributed by atoms with Crippen LogP contribution in [0.1, 0.15) is 58.1 Å². The molecule has 1 aromatic rings. The molecule has 1 unspecified atom stereocenters. The molecule has 0 bridgehead atoms. The molecule has 0 amide bonds. The third kappa shape index (κ3) is 7.44. The van der Waals surface area contributed by atoms with Gasteiger partial charge in [0.25, 0.3) is 0 Å². The predicted octanol–water partition coefficient (Wildman–Crippen LogP) is 5.00. The van der Waals surface area contributed by atoms with Crippen LogP contribution in [0.25, 0.3) is 0 Å². The molecule has 0 radical (unpaired) electrons. The van der Waals surface area contributed by atoms with Crippen LogP contribution < -0.4 is 5.32 Å². The summed E-state index contributed by atoms with van der Waals surface area (Å²) < 4.78 is 1.15. The van der Waals surface area contributed by atoms with Gasteiger partial charge in [0, 0.05) is 10.5 Å². The van der Waals surface area contributed by atoms with Gasteiger partial charge < -0.3 is 10.2 Å². The Morgan fingerprint density at radius 1 is 1.05 bits per heavy atom. The minimum Gasteiger partial charge on any atom is -0.310 e. The molecule has 1 N–H and O–H groups in total. The van der Waals surface area contributed by atoms with Gasteiger partial charge in [-0.05, 0) is 63.1 Å². The van der Waals surface area contributed by atoms with Crippen LogP contribution >= 0.6 is 15.9 Å². The third-order valence-corrected chi connectivity index (χ3v) is 4.45. The Labute approximate surface area is 139 Å². The zero-order valence-corrected chi connectivity index (χ0v) is 15.5. The smallest absolute Gasteiger partial charge is 0.0332 e. The van der Waals surface area contributed by atoms with Crippen LogP contribution in [0, 0.1) is 0 Å². The van der Waals surface area contributed by atoms with Crippen LogP contribution in [0.15, 0.2) is 28.7 Å². The van der Waals surface area contributed by atoms with Gasteiger partial charge in [-0.25, -0.2) is 0 Å². The summed E-state index contributed by atoms with van der Waals surface area (Å²) >= 11 is 3.52. The molecule has 0 saturated carbocycles. The van der Waals surface area contributed by atoms with Crippen molar-refractivity contribution >= 4 is 15.9 Å². The van der Waals surface area contributed by atoms with Gasteiger partial charge in [-0.2, -0.15) is 0 Å². The van der Waals surface area contributed by atoms with Gasteiger partial charge in [-0.15, -0.1) is 0 Å². The van der Waals surface area contributed by atoms with Crippen LogP contribution in [0.5, 0.6) is 0 Å². The summed E-state index contributed by atoms with van der Waals surface area (Å²) in [7, 11) is 0. The van der Waals surface area contributed by atoms with E-state index >= 15 is 0 Å². The molecule has 0 saturated heterocycles. The first-order valence-corrected chi connectivity index (χ1v) is 9.21. The Balaban J connectivity index is 2.58. The highest BCUT2D eigenvalue weighted by molar-refractivity contribution is 9.10. The average molecular weight is 355 g/mol. The predicted molar refractivity (Wildman–Crippen MR) is 96.8 cm³/mol. The number of halogens is 1. The van der Waals surface area contributed by atoms with Crippen molar-refractivity contribution in [2.45, 2.75) is 52.5 Å². The molecular weight excluding hydrogens is 324 g/mol. The lowest BCUT2D eigenvalue weighted by molar-refractivity contribution is 0.265. The normalized spacial score (nSPS) is 12.8. The fourth-order valence-corrected chi connectivity index (χ4v) is 2.79. The first-order valence-electron chi connectivity index (χ1n) is 8.42. The van der Waals surface area contributed by atoms with Crippen LogP contribution in [-0.4, -0.2) is 31.1 Å². The molecule has 1 rings (SSSR count). The topological polar surface area (TPSA) is 15.3 Å². The Hall–Kier alpha value is -0.380. The second-order valence-corrected chi connectivity index (χ2v) is 6.55. The number of benzene rings is 1. The number of nitrogens with zero attached hydrogens (tertiary/aromatic N) is 1. The number of unbranched alkanes of at least 4 members (excludes halogenated alkanes) is 1. The van der Waals surface area contributed by atoms with Crippen molar-refractivity contribution in [3.05, 3.63) is 34.3 Å². The Kier molecular flexibility index (Phi) is 9.98. The first kappa shape index (κ1) is 18.7. The molecule has 0 heterocycles. The number of hydrogen-bond donors (Lipinski definition) is 1. The Bertz CT molecular complexity index is 364. The zero-order chi connectivity index (χ0) is 15.5. The molecule has 3 heteroatoms. The van der Waals surface area contributed by atoms with Gasteiger partial charge in [0.2, 0.25) is 0 Å². The van der Waals surface area contributed by atoms with Crippen molar-refractivity contribution in [2.24, 2.45) is 0 Å². The molecule has 1 atom stereocenters. The Morgan fingerprint density at radius 2 is 1.76 bits per heavy atom. The molecule has 2 nitrogen and oxygen atoms in total. The van der Waals surface area contributed by atoms with E-state index in [1.54, 1.807) is 0 Å². The van der Waals surface area contributed by atoms with Crippen molar-refractivity contribution in [3.63, 3.8) is 0 Å². The van der Waals surface area contributed by atoms with Gasteiger partial charge >= 0.3 is 0 Å². The summed E-state index contributed by atoms with van der Waals surface area (Å²) in [5.74, 6) is 0. The zero-order valence-electron chi connectivity index (χ0n) is 13.9. The molecule has 0 aromatic heterocycles. The summed E-state index contributed by atoms with van der Waals surface area (Å²) in [6.07, 6.45) is 4.94. The van der Waals surface area contributed by atoms with Crippen LogP contribution in [0.4, 0.5) is 0 Å². The van der Waals surface area contributed by atoms with Crippen molar-refractivity contribution < 1.29 is 0 Å². The minimum atomic E-state index is 0.466. The monoisotopic (exact) mass is 354 g/mol. The van der Waals surface area contributed by atoms with Gasteiger partial charge in [-0.3, -0.25) is 0 Å². The molecule has 1 aromatic carbocycles. The van der Waals surface area contributed by atoms with Gasteiger partial charge in [0.05, 0.1) is 0 Å². The van der Waals surface area contributed by atoms with Crippen LogP contribution in [-0.2, 0) is 0 Å². The fourth-order valence-electron chi connectivity index (χ4n) is 2.52. The van der Waals surface area contributed by atoms with Crippen molar-refractivity contribution in [1.82, 2.24) is 10.2 Å². The van der Waals surface area contributed by atoms with E-state index in [0.29, 0.717) is 6.04 Å². The quantitative estimate of drug-likeness (QED) is 0.601. The molecule has 0 fully saturated rings. The SMILES string of the molecule is CCCCN(CC)CCC(NCCC)c1ccc(Br)cc1. The summed E-state index contributed by atoms with van der Waals surface area (Å²) in [5.41, 5.74) is 1.40. The lowest BCUT2D eigenvalue weighted by Crippen LogP contribution is -2.30. The standard InChI is InChI=1S/C18H31BrN2/c1-4-7-14-21(6-3)15-12-18(20-13-5-2)16-8-10-17(19)11-9-16/h8-11,18,20H,4-7,12-15H2,1-3H3. The van der Waals surface area contributed by atoms with Crippen molar-refractivity contribution in [3.8, 4) is 0 Å². The maximum atomic E-state index is 3.70. The van der Waals surface area contributed by atoms with E-state index in [1.165, 1.54) is 44.3 Å². The maximum Gasteiger partial charge on any atom is 0.0332 e. The maximum absolute atomic E-state index is 3.70. The second kappa shape index (κ2) is 11.2. The molecular formula is C18H31BrN2. The summed E-state index contributed by atoms with van der Waals surface area (Å²) in [4.78, 5) is 2.57. The number of nitrogens with one attached hydrogen (secondary N) is 1. The lowest BCUT2D eigenvalue weighted by Gasteiger charge is -2.25. The second-order valence-electron chi connectivity index (χ2n) is 5.63. The number of hydrogen-bond acceptors (Lipinski definition) is 2. The minimum absolute atomic E-state index is 0.466. The van der Waals surface area contributed by atoms with E-state index in [4.69, 9.17) is 0 Å². The molecule has 21 heavy (non-hydrogen) atoms. The van der Waals surface area contributed by atoms with Crippen LogP contribution in [0.3, 0.4) is 0 Å². The van der Waals surface area contributed by atoms with Gasteiger partial charge in [-0.1, -0.05) is 55.3 Å². The van der Waals surface area contributed by atoms with E-state index in [1.807, 2.05) is 0 Å². The number of rotatable bonds is 11. The van der Waals surface area contributed by atoms with E-state index in [0.717, 1.165) is 17.6 Å². The average Bonchev–Trinajstić information content (AvgIpc) is 2.51. The largest absolute Gasteiger partial charge is 0.310 e. The molecule has 0 aliphatic heterocycles. The third-order valence-electron chi connectivity index (χ3n) is 3.92. The summed E-state index contributed by atoms with van der Waals surface area (Å²) in [5, 5.41) is 3.70. The molecule has 0 aliphatic carbocycles. The van der Waals surface area contributed by atoms with Gasteiger partial charge in [0.1, 0.15) is 0 Å². The van der Waals surface area contributed by atoms with Crippen molar-refractivity contribution in [2.75, 3.05) is 26.2 Å². The van der Waals surface area contributed by atoms with Gasteiger partial charge in [0.15, 0.2) is 0 Å². The van der Waals surface area contributed by atoms with E-state index in [2.05, 4.69) is 71.2 Å². The first-order chi connectivity index (χ1) is 10.2. The highest BCUT2D eigenvalue weighted by Gasteiger charge is 2.12. The van der Waals surface area contributed by atoms with Crippen molar-refractivity contribution in [1.29, 1.82) is 0 Å². The highest BCUT2D eigenvalue weighted by atomic mass is 79.9. The molecule has 120 valence electrons. The van der Waals surface area contributed by atoms with E-state index in [9.17, 15) is 0 Å². The van der Waals surface area contributed by atoms with E-state index in [-0.39, 0.29) is 0 Å². The van der Waals surface area contributed by atoms with E-state index < -0.39 is 0 Å². The Morgan fingerprint density at radius 3 is 2.33 bits per heavy atom.